The summed E-state index contributed by atoms with van der Waals surface area (Å²) >= 11 is -2.21. The van der Waals surface area contributed by atoms with Gasteiger partial charge in [0.2, 0.25) is 0 Å². The average Bonchev–Trinajstić information content (AvgIpc) is 2.74. The number of rotatable bonds is 2. The van der Waals surface area contributed by atoms with Crippen molar-refractivity contribution in [1.82, 2.24) is 0 Å². The minimum atomic E-state index is -2.21. The Morgan fingerprint density at radius 2 is 1.79 bits per heavy atom. The fourth-order valence-electron chi connectivity index (χ4n) is 2.41. The van der Waals surface area contributed by atoms with Crippen LogP contribution in [-0.2, 0) is 0 Å². The van der Waals surface area contributed by atoms with Crippen LogP contribution in [0.5, 0.6) is 0 Å². The molecule has 3 rings (SSSR count). The van der Waals surface area contributed by atoms with E-state index in [4.69, 9.17) is 4.42 Å². The summed E-state index contributed by atoms with van der Waals surface area (Å²) in [6.45, 7) is 0. The molecule has 0 spiro atoms. The third-order valence-corrected chi connectivity index (χ3v) is 9.27. The summed E-state index contributed by atoms with van der Waals surface area (Å²) in [4.78, 5) is 18.4. The van der Waals surface area contributed by atoms with Crippen molar-refractivity contribution in [2.24, 2.45) is 0 Å². The molecule has 19 heavy (non-hydrogen) atoms. The first-order chi connectivity index (χ1) is 9.00. The number of hydrogen-bond acceptors (Lipinski definition) is 2. The van der Waals surface area contributed by atoms with Crippen molar-refractivity contribution < 1.29 is 9.21 Å². The second-order valence-electron chi connectivity index (χ2n) is 5.90. The average molecular weight is 359 g/mol. The number of hydrogen-bond donors (Lipinski definition) is 0. The van der Waals surface area contributed by atoms with Crippen LogP contribution >= 0.6 is 0 Å². The molecule has 0 fully saturated rings. The Morgan fingerprint density at radius 1 is 1.05 bits per heavy atom. The second kappa shape index (κ2) is 4.37. The Balaban J connectivity index is 2.46. The van der Waals surface area contributed by atoms with Gasteiger partial charge in [-0.3, -0.25) is 0 Å². The van der Waals surface area contributed by atoms with E-state index in [1.807, 2.05) is 24.3 Å². The molecule has 3 heteroatoms. The summed E-state index contributed by atoms with van der Waals surface area (Å²) in [6.07, 6.45) is 0.950. The van der Waals surface area contributed by atoms with Crippen molar-refractivity contribution in [2.45, 2.75) is 14.8 Å². The van der Waals surface area contributed by atoms with Crippen molar-refractivity contribution >= 4 is 50.2 Å². The van der Waals surface area contributed by atoms with Crippen LogP contribution in [0.15, 0.2) is 40.8 Å². The van der Waals surface area contributed by atoms with Crippen molar-refractivity contribution in [3.8, 4) is 0 Å². The van der Waals surface area contributed by atoms with E-state index in [1.165, 1.54) is 3.58 Å². The van der Waals surface area contributed by atoms with E-state index < -0.39 is 18.4 Å². The maximum atomic E-state index is 11.4. The number of carbonyl (C=O) groups excluding carboxylic acids is 1. The number of fused-ring (bicyclic) bond motifs is 3. The number of para-hydroxylation sites is 1. The van der Waals surface area contributed by atoms with Gasteiger partial charge >= 0.3 is 116 Å². The molecule has 0 saturated carbocycles. The number of aldehydes is 1. The van der Waals surface area contributed by atoms with Crippen LogP contribution in [0.4, 0.5) is 0 Å². The van der Waals surface area contributed by atoms with Crippen LogP contribution in [0.3, 0.4) is 0 Å². The third-order valence-electron chi connectivity index (χ3n) is 3.50. The van der Waals surface area contributed by atoms with Crippen molar-refractivity contribution in [1.29, 1.82) is 0 Å². The van der Waals surface area contributed by atoms with Gasteiger partial charge in [-0.05, 0) is 0 Å². The molecule has 0 bridgehead atoms. The maximum absolute atomic E-state index is 11.4. The van der Waals surface area contributed by atoms with Crippen LogP contribution in [0.2, 0.25) is 14.8 Å². The molecule has 1 aromatic heterocycles. The Kier molecular flexibility index (Phi) is 2.93. The van der Waals surface area contributed by atoms with Gasteiger partial charge in [-0.1, -0.05) is 0 Å². The predicted octanol–water partition coefficient (Wildman–Crippen LogP) is 3.94. The Hall–Kier alpha value is -1.29. The number of furan rings is 1. The number of carbonyl (C=O) groups is 1. The second-order valence-corrected chi connectivity index (χ2v) is 20.4. The first-order valence-electron chi connectivity index (χ1n) is 6.41. The van der Waals surface area contributed by atoms with Crippen LogP contribution in [0.25, 0.3) is 21.9 Å². The fourth-order valence-corrected chi connectivity index (χ4v) is 5.70. The van der Waals surface area contributed by atoms with E-state index in [0.29, 0.717) is 0 Å². The molecule has 0 amide bonds. The predicted molar refractivity (Wildman–Crippen MR) is 82.1 cm³/mol. The first-order valence-corrected chi connectivity index (χ1v) is 16.4. The molecular weight excluding hydrogens is 343 g/mol. The summed E-state index contributed by atoms with van der Waals surface area (Å²) in [5, 5.41) is 1.97. The number of benzene rings is 2. The molecule has 0 atom stereocenters. The van der Waals surface area contributed by atoms with Gasteiger partial charge in [-0.15, -0.1) is 0 Å². The van der Waals surface area contributed by atoms with Gasteiger partial charge in [0.15, 0.2) is 0 Å². The molecule has 3 aromatic rings. The zero-order valence-electron chi connectivity index (χ0n) is 11.4. The zero-order valence-corrected chi connectivity index (χ0v) is 14.2. The van der Waals surface area contributed by atoms with Gasteiger partial charge in [-0.2, -0.15) is 0 Å². The van der Waals surface area contributed by atoms with Crippen molar-refractivity contribution in [3.05, 3.63) is 42.0 Å². The Labute approximate surface area is 116 Å². The van der Waals surface area contributed by atoms with Gasteiger partial charge in [-0.25, -0.2) is 0 Å². The van der Waals surface area contributed by atoms with Crippen LogP contribution in [0.1, 0.15) is 10.4 Å². The summed E-state index contributed by atoms with van der Waals surface area (Å²) in [7, 11) is 0. The van der Waals surface area contributed by atoms with Gasteiger partial charge in [0, 0.05) is 0 Å². The van der Waals surface area contributed by atoms with Crippen molar-refractivity contribution in [2.75, 3.05) is 0 Å². The molecule has 2 aromatic carbocycles. The van der Waals surface area contributed by atoms with E-state index in [2.05, 4.69) is 27.0 Å². The molecule has 0 saturated heterocycles. The summed E-state index contributed by atoms with van der Waals surface area (Å²) < 4.78 is 7.23. The molecule has 0 aliphatic rings. The molecule has 0 N–H and O–H groups in total. The molecule has 0 aliphatic heterocycles. The fraction of sp³-hybridized carbons (Fsp3) is 0.188. The van der Waals surface area contributed by atoms with E-state index in [9.17, 15) is 4.79 Å². The Bertz CT molecular complexity index is 778. The van der Waals surface area contributed by atoms with Crippen LogP contribution in [0, 0.1) is 0 Å². The molecule has 0 aliphatic carbocycles. The normalized spacial score (nSPS) is 12.2. The monoisotopic (exact) mass is 360 g/mol. The quantitative estimate of drug-likeness (QED) is 0.513. The molecule has 96 valence electrons. The Morgan fingerprint density at radius 3 is 2.47 bits per heavy atom. The van der Waals surface area contributed by atoms with Gasteiger partial charge in [0.25, 0.3) is 0 Å². The zero-order chi connectivity index (χ0) is 13.6. The van der Waals surface area contributed by atoms with E-state index in [1.54, 1.807) is 0 Å². The SMILES string of the molecule is [CH3][Sn]([CH3])([CH3])[c]1cc(C=O)c2c(c1)oc1ccccc12. The van der Waals surface area contributed by atoms with E-state index in [-0.39, 0.29) is 0 Å². The molecule has 0 unspecified atom stereocenters. The summed E-state index contributed by atoms with van der Waals surface area (Å²) in [5.74, 6) is 0. The van der Waals surface area contributed by atoms with E-state index >= 15 is 0 Å². The van der Waals surface area contributed by atoms with Crippen molar-refractivity contribution in [3.63, 3.8) is 0 Å². The van der Waals surface area contributed by atoms with Gasteiger partial charge < -0.3 is 0 Å². The molecule has 1 heterocycles. The first kappa shape index (κ1) is 12.7. The topological polar surface area (TPSA) is 30.2 Å². The van der Waals surface area contributed by atoms with E-state index in [0.717, 1.165) is 33.8 Å². The van der Waals surface area contributed by atoms with Gasteiger partial charge in [0.05, 0.1) is 0 Å². The standard InChI is InChI=1S/C13H7O2.3CH3.Sn/c14-8-9-4-3-7-12-13(9)10-5-1-2-6-11(10)15-12;;;;/h1-2,4-8H;3*1H3;. The van der Waals surface area contributed by atoms with Crippen LogP contribution < -0.4 is 3.58 Å². The molecule has 0 radical (unpaired) electrons. The van der Waals surface area contributed by atoms with Crippen LogP contribution in [-0.4, -0.2) is 24.7 Å². The summed E-state index contributed by atoms with van der Waals surface area (Å²) in [6, 6.07) is 12.1. The summed E-state index contributed by atoms with van der Waals surface area (Å²) in [5.41, 5.74) is 2.44. The third kappa shape index (κ3) is 2.08. The molecule has 2 nitrogen and oxygen atoms in total. The minimum absolute atomic E-state index is 0.754. The molecular formula is C16H16O2Sn. The van der Waals surface area contributed by atoms with Gasteiger partial charge in [0.1, 0.15) is 0 Å².